The number of rotatable bonds is 17. The van der Waals surface area contributed by atoms with Gasteiger partial charge in [-0.2, -0.15) is 0 Å². The zero-order valence-electron chi connectivity index (χ0n) is 18.9. The highest BCUT2D eigenvalue weighted by Crippen LogP contribution is 2.16. The number of unbranched alkanes of at least 4 members (excludes halogenated alkanes) is 11. The number of carbonyl (C=O) groups excluding carboxylic acids is 1. The van der Waals surface area contributed by atoms with Gasteiger partial charge < -0.3 is 20.6 Å². The standard InChI is InChI=1S/C23H47NO4/c1-5-6-7-8-9-10-11-12-13-14-15-16-17-20(26)21(27)19(18-25)24-22(28)23(2,3)4/h19-21,25-27H,5-18H2,1-4H3,(H,24,28)/t19-,20-,21-/m0/s1. The lowest BCUT2D eigenvalue weighted by Crippen LogP contribution is -2.53. The van der Waals surface area contributed by atoms with Crippen molar-refractivity contribution in [2.75, 3.05) is 6.61 Å². The molecule has 5 heteroatoms. The molecular weight excluding hydrogens is 354 g/mol. The molecule has 0 unspecified atom stereocenters. The first-order chi connectivity index (χ1) is 13.2. The first-order valence-electron chi connectivity index (χ1n) is 11.5. The van der Waals surface area contributed by atoms with E-state index in [1.165, 1.54) is 57.8 Å². The third-order valence-electron chi connectivity index (χ3n) is 5.35. The van der Waals surface area contributed by atoms with Gasteiger partial charge in [-0.1, -0.05) is 105 Å². The average Bonchev–Trinajstić information content (AvgIpc) is 2.65. The second kappa shape index (κ2) is 16.2. The minimum absolute atomic E-state index is 0.247. The van der Waals surface area contributed by atoms with Crippen LogP contribution < -0.4 is 5.32 Å². The van der Waals surface area contributed by atoms with Crippen LogP contribution >= 0.6 is 0 Å². The van der Waals surface area contributed by atoms with E-state index in [9.17, 15) is 20.1 Å². The van der Waals surface area contributed by atoms with Gasteiger partial charge in [-0.15, -0.1) is 0 Å². The Kier molecular flexibility index (Phi) is 15.8. The predicted octanol–water partition coefficient (Wildman–Crippen LogP) is 4.32. The van der Waals surface area contributed by atoms with Gasteiger partial charge in [-0.3, -0.25) is 4.79 Å². The van der Waals surface area contributed by atoms with Crippen LogP contribution in [0.4, 0.5) is 0 Å². The summed E-state index contributed by atoms with van der Waals surface area (Å²) in [4.78, 5) is 12.0. The van der Waals surface area contributed by atoms with E-state index in [-0.39, 0.29) is 5.91 Å². The number of hydrogen-bond acceptors (Lipinski definition) is 4. The molecule has 0 aliphatic heterocycles. The molecule has 0 heterocycles. The van der Waals surface area contributed by atoms with Gasteiger partial charge >= 0.3 is 0 Å². The predicted molar refractivity (Wildman–Crippen MR) is 116 cm³/mol. The topological polar surface area (TPSA) is 89.8 Å². The zero-order chi connectivity index (χ0) is 21.4. The summed E-state index contributed by atoms with van der Waals surface area (Å²) in [6.07, 6.45) is 13.4. The molecule has 0 saturated heterocycles. The van der Waals surface area contributed by atoms with E-state index in [0.29, 0.717) is 6.42 Å². The van der Waals surface area contributed by atoms with E-state index in [4.69, 9.17) is 0 Å². The first-order valence-corrected chi connectivity index (χ1v) is 11.5. The Morgan fingerprint density at radius 1 is 0.821 bits per heavy atom. The van der Waals surface area contributed by atoms with Crippen molar-refractivity contribution in [2.45, 2.75) is 129 Å². The van der Waals surface area contributed by atoms with Crippen LogP contribution in [0.2, 0.25) is 0 Å². The SMILES string of the molecule is CCCCCCCCCCCCCC[C@H](O)[C@@H](O)[C@H](CO)NC(=O)C(C)(C)C. The number of hydrogen-bond donors (Lipinski definition) is 4. The van der Waals surface area contributed by atoms with Crippen molar-refractivity contribution >= 4 is 5.91 Å². The number of aliphatic hydroxyl groups excluding tert-OH is 3. The summed E-state index contributed by atoms with van der Waals surface area (Å²) in [6, 6.07) is -0.834. The van der Waals surface area contributed by atoms with Crippen molar-refractivity contribution < 1.29 is 20.1 Å². The van der Waals surface area contributed by atoms with Crippen LogP contribution in [-0.2, 0) is 4.79 Å². The van der Waals surface area contributed by atoms with Gasteiger partial charge in [0.2, 0.25) is 5.91 Å². The minimum atomic E-state index is -1.15. The van der Waals surface area contributed by atoms with Crippen LogP contribution in [0.1, 0.15) is 111 Å². The van der Waals surface area contributed by atoms with Gasteiger partial charge in [0, 0.05) is 5.41 Å². The molecule has 0 bridgehead atoms. The Balaban J connectivity index is 3.78. The van der Waals surface area contributed by atoms with E-state index in [2.05, 4.69) is 12.2 Å². The van der Waals surface area contributed by atoms with Gasteiger partial charge in [0.05, 0.1) is 18.8 Å². The monoisotopic (exact) mass is 401 g/mol. The van der Waals surface area contributed by atoms with E-state index < -0.39 is 30.3 Å². The molecule has 168 valence electrons. The summed E-state index contributed by atoms with van der Waals surface area (Å²) in [6.45, 7) is 7.16. The molecule has 1 amide bonds. The third-order valence-corrected chi connectivity index (χ3v) is 5.35. The molecule has 0 aromatic carbocycles. The molecule has 0 rings (SSSR count). The molecule has 5 nitrogen and oxygen atoms in total. The maximum atomic E-state index is 12.0. The quantitative estimate of drug-likeness (QED) is 0.273. The van der Waals surface area contributed by atoms with Crippen molar-refractivity contribution in [3.63, 3.8) is 0 Å². The lowest BCUT2D eigenvalue weighted by Gasteiger charge is -2.29. The largest absolute Gasteiger partial charge is 0.394 e. The van der Waals surface area contributed by atoms with Crippen LogP contribution in [0.15, 0.2) is 0 Å². The molecule has 0 fully saturated rings. The van der Waals surface area contributed by atoms with E-state index in [1.807, 2.05) is 0 Å². The van der Waals surface area contributed by atoms with Gasteiger partial charge in [0.1, 0.15) is 6.10 Å². The molecule has 0 aromatic heterocycles. The lowest BCUT2D eigenvalue weighted by molar-refractivity contribution is -0.131. The highest BCUT2D eigenvalue weighted by molar-refractivity contribution is 5.81. The van der Waals surface area contributed by atoms with Crippen molar-refractivity contribution in [2.24, 2.45) is 5.41 Å². The Morgan fingerprint density at radius 2 is 1.25 bits per heavy atom. The summed E-state index contributed by atoms with van der Waals surface area (Å²) in [5.41, 5.74) is -0.604. The van der Waals surface area contributed by atoms with Crippen LogP contribution in [0.5, 0.6) is 0 Å². The highest BCUT2D eigenvalue weighted by atomic mass is 16.3. The maximum Gasteiger partial charge on any atom is 0.225 e. The molecule has 0 radical (unpaired) electrons. The number of carbonyl (C=O) groups is 1. The molecule has 0 aliphatic carbocycles. The van der Waals surface area contributed by atoms with Crippen LogP contribution in [-0.4, -0.2) is 46.1 Å². The fraction of sp³-hybridized carbons (Fsp3) is 0.957. The summed E-state index contributed by atoms with van der Waals surface area (Å²) in [5, 5.41) is 32.5. The molecule has 28 heavy (non-hydrogen) atoms. The number of nitrogens with one attached hydrogen (secondary N) is 1. The zero-order valence-corrected chi connectivity index (χ0v) is 18.9. The van der Waals surface area contributed by atoms with Crippen LogP contribution in [0.3, 0.4) is 0 Å². The molecule has 0 spiro atoms. The Bertz CT molecular complexity index is 381. The van der Waals surface area contributed by atoms with E-state index in [1.54, 1.807) is 20.8 Å². The minimum Gasteiger partial charge on any atom is -0.394 e. The van der Waals surface area contributed by atoms with Crippen molar-refractivity contribution in [1.29, 1.82) is 0 Å². The molecule has 4 N–H and O–H groups in total. The summed E-state index contributed by atoms with van der Waals surface area (Å²) >= 11 is 0. The third kappa shape index (κ3) is 13.5. The van der Waals surface area contributed by atoms with Crippen molar-refractivity contribution in [3.05, 3.63) is 0 Å². The fourth-order valence-electron chi connectivity index (χ4n) is 3.26. The molecule has 3 atom stereocenters. The summed E-state index contributed by atoms with van der Waals surface area (Å²) < 4.78 is 0. The Labute approximate surface area is 173 Å². The van der Waals surface area contributed by atoms with Gasteiger partial charge in [0.25, 0.3) is 0 Å². The Hall–Kier alpha value is -0.650. The summed E-state index contributed by atoms with van der Waals surface area (Å²) in [7, 11) is 0. The van der Waals surface area contributed by atoms with Gasteiger partial charge in [-0.05, 0) is 6.42 Å². The molecule has 0 saturated carbocycles. The molecule has 0 aliphatic rings. The number of aliphatic hydroxyl groups is 3. The number of amides is 1. The van der Waals surface area contributed by atoms with Gasteiger partial charge in [0.15, 0.2) is 0 Å². The normalized spacial score (nSPS) is 15.2. The fourth-order valence-corrected chi connectivity index (χ4v) is 3.26. The Morgan fingerprint density at radius 3 is 1.64 bits per heavy atom. The maximum absolute atomic E-state index is 12.0. The van der Waals surface area contributed by atoms with Crippen molar-refractivity contribution in [3.8, 4) is 0 Å². The van der Waals surface area contributed by atoms with Crippen LogP contribution in [0.25, 0.3) is 0 Å². The smallest absolute Gasteiger partial charge is 0.225 e. The van der Waals surface area contributed by atoms with Crippen molar-refractivity contribution in [1.82, 2.24) is 5.32 Å². The van der Waals surface area contributed by atoms with E-state index >= 15 is 0 Å². The second-order valence-electron chi connectivity index (χ2n) is 9.25. The van der Waals surface area contributed by atoms with Gasteiger partial charge in [-0.25, -0.2) is 0 Å². The van der Waals surface area contributed by atoms with E-state index in [0.717, 1.165) is 19.3 Å². The molecule has 0 aromatic rings. The highest BCUT2D eigenvalue weighted by Gasteiger charge is 2.30. The second-order valence-corrected chi connectivity index (χ2v) is 9.25. The summed E-state index contributed by atoms with van der Waals surface area (Å²) in [5.74, 6) is -0.247. The van der Waals surface area contributed by atoms with Crippen LogP contribution in [0, 0.1) is 5.41 Å². The average molecular weight is 402 g/mol. The lowest BCUT2D eigenvalue weighted by atomic mass is 9.93. The molecular formula is C23H47NO4. The first kappa shape index (κ1) is 27.4.